The molecule has 2 N–H and O–H groups in total. The number of rotatable bonds is 6. The number of amides is 1. The zero-order chi connectivity index (χ0) is 14.4. The van der Waals surface area contributed by atoms with Crippen LogP contribution in [0.15, 0.2) is 41.8 Å². The molecule has 2 aromatic rings. The highest BCUT2D eigenvalue weighted by Gasteiger charge is 2.19. The van der Waals surface area contributed by atoms with E-state index in [1.54, 1.807) is 0 Å². The summed E-state index contributed by atoms with van der Waals surface area (Å²) in [5.41, 5.74) is 7.90. The number of hydrogen-bond donors (Lipinski definition) is 1. The van der Waals surface area contributed by atoms with E-state index in [1.165, 1.54) is 11.3 Å². The maximum Gasteiger partial charge on any atom is 0.264 e. The van der Waals surface area contributed by atoms with Gasteiger partial charge < -0.3 is 10.6 Å². The fourth-order valence-corrected chi connectivity index (χ4v) is 3.12. The van der Waals surface area contributed by atoms with Gasteiger partial charge in [-0.25, -0.2) is 0 Å². The SMILES string of the molecule is CCc1ccsc1C(=O)N(CCN)Cc1ccccc1. The van der Waals surface area contributed by atoms with Gasteiger partial charge in [0.2, 0.25) is 0 Å². The molecular formula is C16H20N2OS. The molecule has 1 amide bonds. The summed E-state index contributed by atoms with van der Waals surface area (Å²) in [5.74, 6) is 0.0890. The van der Waals surface area contributed by atoms with Gasteiger partial charge in [0.1, 0.15) is 0 Å². The van der Waals surface area contributed by atoms with Crippen molar-refractivity contribution in [1.29, 1.82) is 0 Å². The van der Waals surface area contributed by atoms with Crippen molar-refractivity contribution in [3.05, 3.63) is 57.8 Å². The summed E-state index contributed by atoms with van der Waals surface area (Å²) in [6, 6.07) is 12.1. The van der Waals surface area contributed by atoms with Gasteiger partial charge in [0.25, 0.3) is 5.91 Å². The largest absolute Gasteiger partial charge is 0.332 e. The topological polar surface area (TPSA) is 46.3 Å². The van der Waals surface area contributed by atoms with Gasteiger partial charge in [0.05, 0.1) is 4.88 Å². The zero-order valence-corrected chi connectivity index (χ0v) is 12.5. The summed E-state index contributed by atoms with van der Waals surface area (Å²) in [6.45, 7) is 3.74. The van der Waals surface area contributed by atoms with Gasteiger partial charge in [-0.15, -0.1) is 11.3 Å². The smallest absolute Gasteiger partial charge is 0.264 e. The molecule has 106 valence electrons. The van der Waals surface area contributed by atoms with Crippen LogP contribution in [0, 0.1) is 0 Å². The van der Waals surface area contributed by atoms with Crippen molar-refractivity contribution in [3.63, 3.8) is 0 Å². The van der Waals surface area contributed by atoms with Crippen molar-refractivity contribution >= 4 is 17.2 Å². The summed E-state index contributed by atoms with van der Waals surface area (Å²) in [5, 5.41) is 1.98. The Hall–Kier alpha value is -1.65. The van der Waals surface area contributed by atoms with Gasteiger partial charge in [-0.3, -0.25) is 4.79 Å². The summed E-state index contributed by atoms with van der Waals surface area (Å²) in [4.78, 5) is 15.3. The second-order valence-corrected chi connectivity index (χ2v) is 5.55. The first-order valence-electron chi connectivity index (χ1n) is 6.86. The predicted octanol–water partition coefficient (Wildman–Crippen LogP) is 2.91. The summed E-state index contributed by atoms with van der Waals surface area (Å²) in [6.07, 6.45) is 0.881. The molecule has 0 aliphatic carbocycles. The Balaban J connectivity index is 2.18. The van der Waals surface area contributed by atoms with Crippen LogP contribution in [0.4, 0.5) is 0 Å². The number of benzene rings is 1. The Labute approximate surface area is 124 Å². The van der Waals surface area contributed by atoms with E-state index >= 15 is 0 Å². The lowest BCUT2D eigenvalue weighted by atomic mass is 10.1. The molecule has 0 unspecified atom stereocenters. The van der Waals surface area contributed by atoms with E-state index in [2.05, 4.69) is 6.92 Å². The molecular weight excluding hydrogens is 268 g/mol. The fraction of sp³-hybridized carbons (Fsp3) is 0.312. The summed E-state index contributed by atoms with van der Waals surface area (Å²) in [7, 11) is 0. The van der Waals surface area contributed by atoms with E-state index in [0.717, 1.165) is 22.4 Å². The van der Waals surface area contributed by atoms with Gasteiger partial charge in [-0.2, -0.15) is 0 Å². The lowest BCUT2D eigenvalue weighted by molar-refractivity contribution is 0.0752. The fourth-order valence-electron chi connectivity index (χ4n) is 2.16. The average Bonchev–Trinajstić information content (AvgIpc) is 2.95. The minimum absolute atomic E-state index is 0.0890. The first kappa shape index (κ1) is 14.8. The Kier molecular flexibility index (Phi) is 5.32. The molecule has 1 heterocycles. The van der Waals surface area contributed by atoms with Gasteiger partial charge in [0, 0.05) is 19.6 Å². The lowest BCUT2D eigenvalue weighted by Gasteiger charge is -2.22. The second kappa shape index (κ2) is 7.22. The van der Waals surface area contributed by atoms with Crippen molar-refractivity contribution in [2.45, 2.75) is 19.9 Å². The molecule has 1 aromatic carbocycles. The maximum absolute atomic E-state index is 12.7. The molecule has 0 saturated carbocycles. The quantitative estimate of drug-likeness (QED) is 0.888. The Morgan fingerprint density at radius 3 is 2.65 bits per heavy atom. The molecule has 0 atom stereocenters. The lowest BCUT2D eigenvalue weighted by Crippen LogP contribution is -2.34. The number of nitrogens with two attached hydrogens (primary N) is 1. The minimum Gasteiger partial charge on any atom is -0.332 e. The molecule has 0 fully saturated rings. The standard InChI is InChI=1S/C16H20N2OS/c1-2-14-8-11-20-15(14)16(19)18(10-9-17)12-13-6-4-3-5-7-13/h3-8,11H,2,9-10,12,17H2,1H3. The first-order valence-corrected chi connectivity index (χ1v) is 7.73. The highest BCUT2D eigenvalue weighted by Crippen LogP contribution is 2.20. The normalized spacial score (nSPS) is 10.5. The highest BCUT2D eigenvalue weighted by molar-refractivity contribution is 7.12. The van der Waals surface area contributed by atoms with E-state index in [4.69, 9.17) is 5.73 Å². The molecule has 2 rings (SSSR count). The van der Waals surface area contributed by atoms with Crippen LogP contribution in [0.5, 0.6) is 0 Å². The van der Waals surface area contributed by atoms with Crippen LogP contribution in [-0.2, 0) is 13.0 Å². The van der Waals surface area contributed by atoms with E-state index in [0.29, 0.717) is 19.6 Å². The van der Waals surface area contributed by atoms with Crippen LogP contribution in [-0.4, -0.2) is 23.9 Å². The molecule has 0 aliphatic rings. The van der Waals surface area contributed by atoms with Crippen LogP contribution >= 0.6 is 11.3 Å². The van der Waals surface area contributed by atoms with Gasteiger partial charge >= 0.3 is 0 Å². The first-order chi connectivity index (χ1) is 9.76. The number of carbonyl (C=O) groups is 1. The number of aryl methyl sites for hydroxylation is 1. The van der Waals surface area contributed by atoms with Crippen LogP contribution in [0.1, 0.15) is 27.7 Å². The third kappa shape index (κ3) is 3.46. The third-order valence-electron chi connectivity index (χ3n) is 3.22. The van der Waals surface area contributed by atoms with Crippen molar-refractivity contribution in [2.75, 3.05) is 13.1 Å². The Morgan fingerprint density at radius 1 is 1.25 bits per heavy atom. The van der Waals surface area contributed by atoms with E-state index in [1.807, 2.05) is 46.7 Å². The summed E-state index contributed by atoms with van der Waals surface area (Å²) >= 11 is 1.51. The molecule has 0 radical (unpaired) electrons. The maximum atomic E-state index is 12.7. The van der Waals surface area contributed by atoms with Crippen molar-refractivity contribution in [2.24, 2.45) is 5.73 Å². The highest BCUT2D eigenvalue weighted by atomic mass is 32.1. The molecule has 0 aliphatic heterocycles. The van der Waals surface area contributed by atoms with Crippen molar-refractivity contribution in [3.8, 4) is 0 Å². The Morgan fingerprint density at radius 2 is 2.00 bits per heavy atom. The zero-order valence-electron chi connectivity index (χ0n) is 11.7. The van der Waals surface area contributed by atoms with Crippen molar-refractivity contribution in [1.82, 2.24) is 4.90 Å². The number of thiophene rings is 1. The van der Waals surface area contributed by atoms with Gasteiger partial charge in [-0.05, 0) is 29.0 Å². The second-order valence-electron chi connectivity index (χ2n) is 4.63. The molecule has 1 aromatic heterocycles. The Bertz CT molecular complexity index is 551. The monoisotopic (exact) mass is 288 g/mol. The van der Waals surface area contributed by atoms with Crippen LogP contribution in [0.25, 0.3) is 0 Å². The number of carbonyl (C=O) groups excluding carboxylic acids is 1. The van der Waals surface area contributed by atoms with Crippen molar-refractivity contribution < 1.29 is 4.79 Å². The van der Waals surface area contributed by atoms with E-state index in [9.17, 15) is 4.79 Å². The molecule has 0 spiro atoms. The molecule has 20 heavy (non-hydrogen) atoms. The number of nitrogens with zero attached hydrogens (tertiary/aromatic N) is 1. The third-order valence-corrected chi connectivity index (χ3v) is 4.17. The summed E-state index contributed by atoms with van der Waals surface area (Å²) < 4.78 is 0. The van der Waals surface area contributed by atoms with Crippen LogP contribution in [0.3, 0.4) is 0 Å². The van der Waals surface area contributed by atoms with Gasteiger partial charge in [0.15, 0.2) is 0 Å². The van der Waals surface area contributed by atoms with E-state index < -0.39 is 0 Å². The van der Waals surface area contributed by atoms with Gasteiger partial charge in [-0.1, -0.05) is 37.3 Å². The predicted molar refractivity (Wildman–Crippen MR) is 83.9 cm³/mol. The molecule has 3 nitrogen and oxygen atoms in total. The van der Waals surface area contributed by atoms with Crippen LogP contribution < -0.4 is 5.73 Å². The number of hydrogen-bond acceptors (Lipinski definition) is 3. The van der Waals surface area contributed by atoms with E-state index in [-0.39, 0.29) is 5.91 Å². The minimum atomic E-state index is 0.0890. The molecule has 0 saturated heterocycles. The molecule has 4 heteroatoms. The van der Waals surface area contributed by atoms with Crippen LogP contribution in [0.2, 0.25) is 0 Å². The molecule has 0 bridgehead atoms. The average molecular weight is 288 g/mol.